The molecule has 2 aliphatic rings. The van der Waals surface area contributed by atoms with Crippen molar-refractivity contribution in [2.45, 2.75) is 24.8 Å². The van der Waals surface area contributed by atoms with Gasteiger partial charge in [-0.05, 0) is 37.6 Å². The average Bonchev–Trinajstić information content (AvgIpc) is 2.77. The van der Waals surface area contributed by atoms with Crippen molar-refractivity contribution in [3.63, 3.8) is 0 Å². The molecule has 9 nitrogen and oxygen atoms in total. The zero-order valence-electron chi connectivity index (χ0n) is 17.9. The van der Waals surface area contributed by atoms with E-state index in [9.17, 15) is 22.4 Å². The Kier molecular flexibility index (Phi) is 6.21. The largest absolute Gasteiger partial charge is 0.479 e. The molecule has 2 aromatic rings. The minimum absolute atomic E-state index is 0.0474. The summed E-state index contributed by atoms with van der Waals surface area (Å²) in [6.07, 6.45) is -0.765. The van der Waals surface area contributed by atoms with Crippen LogP contribution in [0, 0.1) is 12.7 Å². The lowest BCUT2D eigenvalue weighted by atomic mass is 10.2. The van der Waals surface area contributed by atoms with E-state index in [2.05, 4.69) is 10.6 Å². The highest BCUT2D eigenvalue weighted by molar-refractivity contribution is 7.89. The first-order valence-electron chi connectivity index (χ1n) is 10.2. The van der Waals surface area contributed by atoms with Crippen LogP contribution in [0.4, 0.5) is 20.6 Å². The Morgan fingerprint density at radius 2 is 1.91 bits per heavy atom. The van der Waals surface area contributed by atoms with Crippen LogP contribution in [0.15, 0.2) is 35.2 Å². The highest BCUT2D eigenvalue weighted by Gasteiger charge is 2.34. The minimum Gasteiger partial charge on any atom is -0.479 e. The summed E-state index contributed by atoms with van der Waals surface area (Å²) < 4.78 is 46.9. The van der Waals surface area contributed by atoms with Crippen LogP contribution in [0.5, 0.6) is 5.75 Å². The third-order valence-corrected chi connectivity index (χ3v) is 7.90. The lowest BCUT2D eigenvalue weighted by Crippen LogP contribution is -2.51. The molecule has 0 aromatic heterocycles. The van der Waals surface area contributed by atoms with Crippen molar-refractivity contribution in [3.05, 3.63) is 46.7 Å². The normalized spacial score (nSPS) is 18.8. The summed E-state index contributed by atoms with van der Waals surface area (Å²) in [7, 11) is -3.97. The Balaban J connectivity index is 1.45. The van der Waals surface area contributed by atoms with Crippen LogP contribution in [0.1, 0.15) is 12.5 Å². The summed E-state index contributed by atoms with van der Waals surface area (Å²) in [6, 6.07) is 6.59. The summed E-state index contributed by atoms with van der Waals surface area (Å²) in [5, 5.41) is 5.20. The highest BCUT2D eigenvalue weighted by Crippen LogP contribution is 2.38. The summed E-state index contributed by atoms with van der Waals surface area (Å²) in [4.78, 5) is 25.6. The summed E-state index contributed by atoms with van der Waals surface area (Å²) >= 11 is 6.22. The Labute approximate surface area is 195 Å². The number of amides is 3. The van der Waals surface area contributed by atoms with E-state index in [1.165, 1.54) is 27.4 Å². The second-order valence-corrected chi connectivity index (χ2v) is 10.1. The number of nitrogens with zero attached hydrogens (tertiary/aromatic N) is 2. The second kappa shape index (κ2) is 8.81. The number of anilines is 2. The smallest absolute Gasteiger partial charge is 0.321 e. The summed E-state index contributed by atoms with van der Waals surface area (Å²) in [6.45, 7) is 3.57. The van der Waals surface area contributed by atoms with Crippen LogP contribution in [-0.4, -0.2) is 61.8 Å². The van der Waals surface area contributed by atoms with Crippen molar-refractivity contribution in [1.82, 2.24) is 9.21 Å². The molecule has 176 valence electrons. The van der Waals surface area contributed by atoms with E-state index in [4.69, 9.17) is 16.3 Å². The standard InChI is InChI=1S/C21H22ClFN4O5S/c1-12-3-4-14(9-16(12)23)24-21(29)26-5-7-27(8-6-26)33(30,31)19-11-18-17(10-15(19)22)25-20(28)13(2)32-18/h3-4,9-11,13H,5-8H2,1-2H3,(H,24,29)(H,25,28)/t13-/m1/s1. The van der Waals surface area contributed by atoms with E-state index in [0.29, 0.717) is 16.9 Å². The lowest BCUT2D eigenvalue weighted by molar-refractivity contribution is -0.122. The number of ether oxygens (including phenoxy) is 1. The van der Waals surface area contributed by atoms with Gasteiger partial charge in [-0.3, -0.25) is 4.79 Å². The van der Waals surface area contributed by atoms with Crippen molar-refractivity contribution in [3.8, 4) is 5.75 Å². The number of fused-ring (bicyclic) bond motifs is 1. The molecule has 0 unspecified atom stereocenters. The third-order valence-electron chi connectivity index (χ3n) is 5.53. The van der Waals surface area contributed by atoms with Gasteiger partial charge < -0.3 is 20.3 Å². The highest BCUT2D eigenvalue weighted by atomic mass is 35.5. The van der Waals surface area contributed by atoms with Crippen LogP contribution in [0.3, 0.4) is 0 Å². The molecule has 12 heteroatoms. The van der Waals surface area contributed by atoms with Gasteiger partial charge in [-0.15, -0.1) is 0 Å². The molecule has 4 rings (SSSR count). The van der Waals surface area contributed by atoms with Gasteiger partial charge in [-0.25, -0.2) is 17.6 Å². The quantitative estimate of drug-likeness (QED) is 0.679. The maximum Gasteiger partial charge on any atom is 0.321 e. The van der Waals surface area contributed by atoms with Gasteiger partial charge in [0.2, 0.25) is 10.0 Å². The first-order chi connectivity index (χ1) is 15.6. The molecule has 0 aliphatic carbocycles. The van der Waals surface area contributed by atoms with Crippen molar-refractivity contribution < 1.29 is 27.1 Å². The topological polar surface area (TPSA) is 108 Å². The Hall–Kier alpha value is -2.89. The van der Waals surface area contributed by atoms with E-state index < -0.39 is 28.0 Å². The number of hydrogen-bond acceptors (Lipinski definition) is 5. The molecule has 2 N–H and O–H groups in total. The molecule has 0 radical (unpaired) electrons. The predicted molar refractivity (Wildman–Crippen MR) is 121 cm³/mol. The number of carbonyl (C=O) groups excluding carboxylic acids is 2. The fourth-order valence-electron chi connectivity index (χ4n) is 3.55. The number of benzene rings is 2. The zero-order chi connectivity index (χ0) is 23.9. The lowest BCUT2D eigenvalue weighted by Gasteiger charge is -2.34. The van der Waals surface area contributed by atoms with Crippen LogP contribution in [0.25, 0.3) is 0 Å². The van der Waals surface area contributed by atoms with Crippen molar-refractivity contribution in [2.24, 2.45) is 0 Å². The number of halogens is 2. The maximum absolute atomic E-state index is 13.7. The van der Waals surface area contributed by atoms with E-state index in [0.717, 1.165) is 0 Å². The van der Waals surface area contributed by atoms with Crippen LogP contribution in [-0.2, 0) is 14.8 Å². The fraction of sp³-hybridized carbons (Fsp3) is 0.333. The molecule has 1 atom stereocenters. The molecule has 1 saturated heterocycles. The predicted octanol–water partition coefficient (Wildman–Crippen LogP) is 3.05. The third kappa shape index (κ3) is 4.61. The van der Waals surface area contributed by atoms with Crippen molar-refractivity contribution >= 4 is 44.9 Å². The van der Waals surface area contributed by atoms with Crippen molar-refractivity contribution in [2.75, 3.05) is 36.8 Å². The molecule has 2 aliphatic heterocycles. The number of urea groups is 1. The van der Waals surface area contributed by atoms with Gasteiger partial charge in [0, 0.05) is 37.9 Å². The molecule has 3 amide bonds. The van der Waals surface area contributed by atoms with Gasteiger partial charge in [-0.1, -0.05) is 17.7 Å². The van der Waals surface area contributed by atoms with Gasteiger partial charge in [0.15, 0.2) is 6.10 Å². The number of piperazine rings is 1. The number of aryl methyl sites for hydroxylation is 1. The van der Waals surface area contributed by atoms with E-state index in [1.54, 1.807) is 26.0 Å². The van der Waals surface area contributed by atoms with E-state index in [1.807, 2.05) is 0 Å². The second-order valence-electron chi connectivity index (χ2n) is 7.81. The number of hydrogen-bond donors (Lipinski definition) is 2. The van der Waals surface area contributed by atoms with Crippen LogP contribution < -0.4 is 15.4 Å². The van der Waals surface area contributed by atoms with E-state index >= 15 is 0 Å². The van der Waals surface area contributed by atoms with Gasteiger partial charge in [0.25, 0.3) is 5.91 Å². The summed E-state index contributed by atoms with van der Waals surface area (Å²) in [5.74, 6) is -0.561. The van der Waals surface area contributed by atoms with Crippen LogP contribution in [0.2, 0.25) is 5.02 Å². The van der Waals surface area contributed by atoms with Gasteiger partial charge in [-0.2, -0.15) is 4.31 Å². The molecular formula is C21H22ClFN4O5S. The number of rotatable bonds is 3. The first kappa shape index (κ1) is 23.3. The Morgan fingerprint density at radius 3 is 2.58 bits per heavy atom. The Bertz CT molecular complexity index is 1230. The van der Waals surface area contributed by atoms with Gasteiger partial charge in [0.1, 0.15) is 16.5 Å². The van der Waals surface area contributed by atoms with Crippen LogP contribution >= 0.6 is 11.6 Å². The summed E-state index contributed by atoms with van der Waals surface area (Å²) in [5.41, 5.74) is 1.09. The minimum atomic E-state index is -3.97. The van der Waals surface area contributed by atoms with Gasteiger partial charge in [0.05, 0.1) is 10.7 Å². The fourth-order valence-corrected chi connectivity index (χ4v) is 5.49. The number of carbonyl (C=O) groups is 2. The molecule has 0 spiro atoms. The maximum atomic E-state index is 13.7. The number of nitrogens with one attached hydrogen (secondary N) is 2. The van der Waals surface area contributed by atoms with E-state index in [-0.39, 0.29) is 47.8 Å². The van der Waals surface area contributed by atoms with Crippen molar-refractivity contribution in [1.29, 1.82) is 0 Å². The molecule has 33 heavy (non-hydrogen) atoms. The molecule has 0 bridgehead atoms. The number of sulfonamides is 1. The molecule has 2 aromatic carbocycles. The van der Waals surface area contributed by atoms with Gasteiger partial charge >= 0.3 is 6.03 Å². The molecule has 1 fully saturated rings. The Morgan fingerprint density at radius 1 is 1.21 bits per heavy atom. The monoisotopic (exact) mass is 496 g/mol. The molecule has 0 saturated carbocycles. The molecule has 2 heterocycles. The molecular weight excluding hydrogens is 475 g/mol. The zero-order valence-corrected chi connectivity index (χ0v) is 19.5. The SMILES string of the molecule is Cc1ccc(NC(=O)N2CCN(S(=O)(=O)c3cc4c(cc3Cl)NC(=O)[C@@H](C)O4)CC2)cc1F. The first-order valence-corrected chi connectivity index (χ1v) is 12.0. The average molecular weight is 497 g/mol.